The molecule has 1 aromatic carbocycles. The van der Waals surface area contributed by atoms with Gasteiger partial charge in [0.15, 0.2) is 17.7 Å². The molecule has 1 amide bonds. The largest absolute Gasteiger partial charge is 0.494 e. The summed E-state index contributed by atoms with van der Waals surface area (Å²) in [6.07, 6.45) is 0.276. The van der Waals surface area contributed by atoms with Crippen LogP contribution in [0.5, 0.6) is 5.75 Å². The zero-order chi connectivity index (χ0) is 30.1. The summed E-state index contributed by atoms with van der Waals surface area (Å²) >= 11 is 0. The molecule has 1 aliphatic heterocycles. The molecule has 9 nitrogen and oxygen atoms in total. The van der Waals surface area contributed by atoms with Gasteiger partial charge in [-0.2, -0.15) is 0 Å². The lowest BCUT2D eigenvalue weighted by Crippen LogP contribution is -2.64. The van der Waals surface area contributed by atoms with Gasteiger partial charge in [0.2, 0.25) is 5.91 Å². The van der Waals surface area contributed by atoms with Crippen LogP contribution in [0, 0.1) is 45.7 Å². The van der Waals surface area contributed by atoms with Crippen molar-refractivity contribution in [1.82, 2.24) is 0 Å². The van der Waals surface area contributed by atoms with E-state index >= 15 is 4.39 Å². The number of carbonyl (C=O) groups is 3. The highest BCUT2D eigenvalue weighted by Gasteiger charge is 2.69. The number of ether oxygens (including phenoxy) is 1. The Morgan fingerprint density at radius 3 is 2.63 bits per heavy atom. The Bertz CT molecular complexity index is 1260. The van der Waals surface area contributed by atoms with Crippen LogP contribution in [0.15, 0.2) is 12.1 Å². The number of fused-ring (bicyclic) bond motifs is 1. The lowest BCUT2D eigenvalue weighted by atomic mass is 9.41. The van der Waals surface area contributed by atoms with Gasteiger partial charge in [-0.1, -0.05) is 33.8 Å². The molecule has 3 saturated carbocycles. The average Bonchev–Trinajstić information content (AvgIpc) is 3.47. The van der Waals surface area contributed by atoms with Gasteiger partial charge in [-0.3, -0.25) is 9.59 Å². The predicted octanol–water partition coefficient (Wildman–Crippen LogP) is 2.57. The van der Waals surface area contributed by atoms with Gasteiger partial charge < -0.3 is 30.4 Å². The molecule has 0 radical (unpaired) electrons. The highest BCUT2D eigenvalue weighted by molar-refractivity contribution is 6.61. The Morgan fingerprint density at radius 1 is 1.27 bits per heavy atom. The Labute approximate surface area is 240 Å². The number of carboxylic acids is 1. The molecule has 3 fully saturated rings. The van der Waals surface area contributed by atoms with E-state index in [1.54, 1.807) is 6.07 Å². The lowest BCUT2D eigenvalue weighted by molar-refractivity contribution is -0.200. The minimum absolute atomic E-state index is 0.00452. The number of aliphatic hydroxyl groups excluding tert-OH is 1. The highest BCUT2D eigenvalue weighted by Crippen LogP contribution is 2.69. The van der Waals surface area contributed by atoms with Crippen LogP contribution in [0.1, 0.15) is 78.2 Å². The smallest absolute Gasteiger partial charge is 0.478 e. The van der Waals surface area contributed by atoms with Crippen LogP contribution in [0.3, 0.4) is 0 Å². The minimum Gasteiger partial charge on any atom is -0.478 e. The van der Waals surface area contributed by atoms with Gasteiger partial charge in [-0.25, -0.2) is 9.18 Å². The van der Waals surface area contributed by atoms with Crippen LogP contribution in [0.4, 0.5) is 4.39 Å². The molecule has 5 N–H and O–H groups in total. The molecule has 1 aromatic rings. The van der Waals surface area contributed by atoms with E-state index in [0.717, 1.165) is 12.8 Å². The normalized spacial score (nSPS) is 39.0. The summed E-state index contributed by atoms with van der Waals surface area (Å²) in [6, 6.07) is 2.88. The lowest BCUT2D eigenvalue weighted by Gasteiger charge is -2.63. The number of halogens is 1. The molecule has 2 bridgehead atoms. The van der Waals surface area contributed by atoms with Crippen molar-refractivity contribution in [1.29, 1.82) is 0 Å². The molecule has 9 atom stereocenters. The summed E-state index contributed by atoms with van der Waals surface area (Å²) in [5.74, 6) is -4.65. The first kappa shape index (κ1) is 30.0. The molecule has 4 aliphatic rings. The fourth-order valence-corrected chi connectivity index (χ4v) is 9.22. The van der Waals surface area contributed by atoms with Gasteiger partial charge in [0.1, 0.15) is 5.78 Å². The number of ketones is 1. The minimum atomic E-state index is -1.58. The van der Waals surface area contributed by atoms with Crippen LogP contribution in [-0.4, -0.2) is 52.2 Å². The fraction of sp³-hybridized carbons (Fsp3) is 0.700. The molecule has 224 valence electrons. The molecule has 0 aromatic heterocycles. The van der Waals surface area contributed by atoms with Crippen molar-refractivity contribution in [3.8, 4) is 5.75 Å². The number of amides is 1. The maximum atomic E-state index is 15.6. The number of rotatable bonds is 7. The van der Waals surface area contributed by atoms with Crippen LogP contribution < -0.4 is 15.9 Å². The third kappa shape index (κ3) is 4.50. The van der Waals surface area contributed by atoms with E-state index < -0.39 is 65.1 Å². The van der Waals surface area contributed by atoms with Crippen molar-refractivity contribution in [2.45, 2.75) is 91.5 Å². The highest BCUT2D eigenvalue weighted by atomic mass is 19.1. The monoisotopic (exact) mass is 573 g/mol. The number of carboxylic acid groups (broad SMARTS) is 1. The van der Waals surface area contributed by atoms with Crippen molar-refractivity contribution < 1.29 is 43.4 Å². The van der Waals surface area contributed by atoms with E-state index in [2.05, 4.69) is 0 Å². The predicted molar refractivity (Wildman–Crippen MR) is 147 cm³/mol. The second kappa shape index (κ2) is 10.3. The van der Waals surface area contributed by atoms with Gasteiger partial charge >= 0.3 is 13.1 Å². The van der Waals surface area contributed by atoms with Crippen molar-refractivity contribution in [2.24, 2.45) is 45.7 Å². The number of hydrogen-bond acceptors (Lipinski definition) is 7. The van der Waals surface area contributed by atoms with Crippen LogP contribution in [-0.2, 0) is 25.6 Å². The molecule has 9 unspecified atom stereocenters. The Balaban J connectivity index is 1.67. The van der Waals surface area contributed by atoms with E-state index in [-0.39, 0.29) is 54.7 Å². The Morgan fingerprint density at radius 2 is 1.98 bits per heavy atom. The first-order valence-electron chi connectivity index (χ1n) is 14.7. The zero-order valence-corrected chi connectivity index (χ0v) is 24.2. The van der Waals surface area contributed by atoms with Crippen LogP contribution in [0.2, 0.25) is 0 Å². The Kier molecular flexibility index (Phi) is 7.56. The van der Waals surface area contributed by atoms with E-state index in [4.69, 9.17) is 15.1 Å². The van der Waals surface area contributed by atoms with Gasteiger partial charge in [0.05, 0.1) is 12.7 Å². The summed E-state index contributed by atoms with van der Waals surface area (Å²) in [4.78, 5) is 38.7. The second-order valence-electron chi connectivity index (χ2n) is 13.6. The summed E-state index contributed by atoms with van der Waals surface area (Å²) < 4.78 is 26.8. The topological polar surface area (TPSA) is 156 Å². The first-order chi connectivity index (χ1) is 19.2. The van der Waals surface area contributed by atoms with Crippen LogP contribution in [0.25, 0.3) is 0 Å². The van der Waals surface area contributed by atoms with Crippen molar-refractivity contribution >= 4 is 30.2 Å². The van der Waals surface area contributed by atoms with Crippen molar-refractivity contribution in [3.05, 3.63) is 23.5 Å². The van der Waals surface area contributed by atoms with Crippen molar-refractivity contribution in [3.63, 3.8) is 0 Å². The van der Waals surface area contributed by atoms with E-state index in [1.807, 2.05) is 27.7 Å². The molecular weight excluding hydrogens is 532 g/mol. The number of carbonyl (C=O) groups excluding carboxylic acids is 2. The summed E-state index contributed by atoms with van der Waals surface area (Å²) in [7, 11) is -1.49. The molecule has 41 heavy (non-hydrogen) atoms. The first-order valence-corrected chi connectivity index (χ1v) is 14.7. The van der Waals surface area contributed by atoms with E-state index in [9.17, 15) is 29.6 Å². The second-order valence-corrected chi connectivity index (χ2v) is 13.6. The maximum Gasteiger partial charge on any atom is 0.494 e. The fourth-order valence-electron chi connectivity index (χ4n) is 9.22. The summed E-state index contributed by atoms with van der Waals surface area (Å²) in [6.45, 7) is 7.86. The molecule has 0 spiro atoms. The van der Waals surface area contributed by atoms with E-state index in [1.165, 1.54) is 6.07 Å². The van der Waals surface area contributed by atoms with E-state index in [0.29, 0.717) is 18.4 Å². The van der Waals surface area contributed by atoms with Gasteiger partial charge in [-0.05, 0) is 71.8 Å². The Hall–Kier alpha value is -2.50. The molecule has 11 heteroatoms. The van der Waals surface area contributed by atoms with Gasteiger partial charge in [0.25, 0.3) is 0 Å². The van der Waals surface area contributed by atoms with Gasteiger partial charge in [-0.15, -0.1) is 0 Å². The maximum absolute atomic E-state index is 15.6. The SMILES string of the molecule is CC1C(O)C(C)(CCC(N)=O)CC(C(Oc2ccc3c(c2F)B(O)OC3)C(=O)O)C2(C)C(C)CCC13CCC(=O)C32. The molecule has 5 rings (SSSR count). The standard InChI is InChI=1S/C30H41BFNO8/c1-15-7-11-30-12-8-19(34)25(30)29(15,4)18(13-28(3,10-9-21(33)35)26(36)16(30)2)24(27(37)38)41-20-6-5-17-14-40-31(39)22(17)23(20)32/h5-6,15-16,18,24-26,36,39H,7-14H2,1-4H3,(H2,33,35)(H,37,38). The number of benzene rings is 1. The summed E-state index contributed by atoms with van der Waals surface area (Å²) in [5, 5.41) is 32.8. The summed E-state index contributed by atoms with van der Waals surface area (Å²) in [5.41, 5.74) is 3.57. The molecule has 3 aliphatic carbocycles. The zero-order valence-electron chi connectivity index (χ0n) is 24.2. The third-order valence-electron chi connectivity index (χ3n) is 11.7. The molecular formula is C30H41BFNO8. The number of primary amides is 1. The quantitative estimate of drug-likeness (QED) is 0.363. The van der Waals surface area contributed by atoms with Crippen molar-refractivity contribution in [2.75, 3.05) is 0 Å². The number of Topliss-reactive ketones (excluding diaryl/α,β-unsaturated/α-hetero) is 1. The number of aliphatic carboxylic acids is 1. The number of aliphatic hydroxyl groups is 1. The molecule has 0 saturated heterocycles. The third-order valence-corrected chi connectivity index (χ3v) is 11.7. The van der Waals surface area contributed by atoms with Crippen LogP contribution >= 0.6 is 0 Å². The number of nitrogens with two attached hydrogens (primary N) is 1. The van der Waals surface area contributed by atoms with Gasteiger partial charge in [0, 0.05) is 30.1 Å². The average molecular weight is 573 g/mol. The molecule has 1 heterocycles. The number of hydrogen-bond donors (Lipinski definition) is 4.